The lowest BCUT2D eigenvalue weighted by Crippen LogP contribution is -2.29. The van der Waals surface area contributed by atoms with Gasteiger partial charge in [-0.15, -0.1) is 0 Å². The molecular weight excluding hydrogens is 488 g/mol. The van der Waals surface area contributed by atoms with Crippen LogP contribution in [0.25, 0.3) is 10.8 Å². The van der Waals surface area contributed by atoms with E-state index in [9.17, 15) is 9.59 Å². The maximum absolute atomic E-state index is 11.7. The van der Waals surface area contributed by atoms with Crippen molar-refractivity contribution in [3.8, 4) is 11.5 Å². The Morgan fingerprint density at radius 1 is 0.789 bits per heavy atom. The molecule has 2 unspecified atom stereocenters. The first-order valence-electron chi connectivity index (χ1n) is 13.1. The minimum Gasteiger partial charge on any atom is -0.490 e. The molecule has 2 aromatic rings. The Balaban J connectivity index is 2.03. The zero-order valence-corrected chi connectivity index (χ0v) is 22.5. The predicted molar refractivity (Wildman–Crippen MR) is 147 cm³/mol. The summed E-state index contributed by atoms with van der Waals surface area (Å²) in [4.78, 5) is 23.4. The zero-order valence-electron chi connectivity index (χ0n) is 22.5. The second kappa shape index (κ2) is 18.0. The molecule has 0 spiro atoms. The maximum Gasteiger partial charge on any atom is 0.330 e. The van der Waals surface area contributed by atoms with Gasteiger partial charge in [0.25, 0.3) is 0 Å². The van der Waals surface area contributed by atoms with Gasteiger partial charge in [0.1, 0.15) is 24.7 Å². The number of ether oxygens (including phenoxy) is 6. The van der Waals surface area contributed by atoms with Crippen molar-refractivity contribution in [3.05, 3.63) is 61.7 Å². The number of hydrogen-bond acceptors (Lipinski definition) is 8. The minimum absolute atomic E-state index is 0.136. The van der Waals surface area contributed by atoms with E-state index in [4.69, 9.17) is 28.4 Å². The standard InChI is InChI=1S/C30H40O8/c1-5-9-16-33-19-25(37-29(31)7-3)21-35-24-14-15-27-23(18-24)12-11-13-28(27)36-22-26(38-30(32)8-4)20-34-17-10-6-2/h7-8,11-15,18,25-26H,3-6,9-10,16-17,19-22H2,1-2H3. The van der Waals surface area contributed by atoms with Crippen LogP contribution in [0.15, 0.2) is 61.7 Å². The maximum atomic E-state index is 11.7. The van der Waals surface area contributed by atoms with Crippen LogP contribution in [0.1, 0.15) is 39.5 Å². The van der Waals surface area contributed by atoms with E-state index >= 15 is 0 Å². The first kappa shape index (κ1) is 30.9. The zero-order chi connectivity index (χ0) is 27.6. The summed E-state index contributed by atoms with van der Waals surface area (Å²) >= 11 is 0. The molecule has 2 atom stereocenters. The van der Waals surface area contributed by atoms with Crippen molar-refractivity contribution in [1.29, 1.82) is 0 Å². The highest BCUT2D eigenvalue weighted by atomic mass is 16.6. The van der Waals surface area contributed by atoms with Crippen molar-refractivity contribution in [2.24, 2.45) is 0 Å². The van der Waals surface area contributed by atoms with Gasteiger partial charge in [0.05, 0.1) is 13.2 Å². The number of carbonyl (C=O) groups is 2. The molecule has 0 heterocycles. The molecular formula is C30H40O8. The summed E-state index contributed by atoms with van der Waals surface area (Å²) in [5.74, 6) is 0.213. The predicted octanol–water partition coefficient (Wildman–Crippen LogP) is 5.43. The van der Waals surface area contributed by atoms with Crippen molar-refractivity contribution in [2.45, 2.75) is 51.7 Å². The summed E-state index contributed by atoms with van der Waals surface area (Å²) in [5.41, 5.74) is 0. The van der Waals surface area contributed by atoms with Gasteiger partial charge in [-0.05, 0) is 42.5 Å². The number of hydrogen-bond donors (Lipinski definition) is 0. The molecule has 0 aliphatic carbocycles. The SMILES string of the molecule is C=CC(=O)OC(COCCCC)COc1ccc2c(OCC(COCCCC)OC(=O)C=C)cccc2c1. The lowest BCUT2D eigenvalue weighted by molar-refractivity contribution is -0.148. The summed E-state index contributed by atoms with van der Waals surface area (Å²) in [6.07, 6.45) is 5.02. The lowest BCUT2D eigenvalue weighted by Gasteiger charge is -2.19. The van der Waals surface area contributed by atoms with Gasteiger partial charge in [-0.2, -0.15) is 0 Å². The highest BCUT2D eigenvalue weighted by Gasteiger charge is 2.17. The Labute approximate surface area is 225 Å². The Morgan fingerprint density at radius 2 is 1.37 bits per heavy atom. The van der Waals surface area contributed by atoms with Crippen molar-refractivity contribution in [3.63, 3.8) is 0 Å². The first-order valence-corrected chi connectivity index (χ1v) is 13.1. The third kappa shape index (κ3) is 11.4. The highest BCUT2D eigenvalue weighted by Crippen LogP contribution is 2.29. The topological polar surface area (TPSA) is 89.5 Å². The summed E-state index contributed by atoms with van der Waals surface area (Å²) in [6, 6.07) is 11.3. The van der Waals surface area contributed by atoms with Crippen molar-refractivity contribution < 1.29 is 38.0 Å². The van der Waals surface area contributed by atoms with Gasteiger partial charge in [0, 0.05) is 30.8 Å². The van der Waals surface area contributed by atoms with Gasteiger partial charge in [0.2, 0.25) is 0 Å². The quantitative estimate of drug-likeness (QED) is 0.128. The molecule has 8 nitrogen and oxygen atoms in total. The van der Waals surface area contributed by atoms with E-state index in [0.29, 0.717) is 24.7 Å². The summed E-state index contributed by atoms with van der Waals surface area (Å²) in [5, 5.41) is 1.77. The Hall–Kier alpha value is -3.36. The summed E-state index contributed by atoms with van der Waals surface area (Å²) < 4.78 is 33.9. The summed E-state index contributed by atoms with van der Waals surface area (Å²) in [7, 11) is 0. The molecule has 0 bridgehead atoms. The second-order valence-electron chi connectivity index (χ2n) is 8.64. The fourth-order valence-electron chi connectivity index (χ4n) is 3.40. The van der Waals surface area contributed by atoms with Crippen LogP contribution < -0.4 is 9.47 Å². The fourth-order valence-corrected chi connectivity index (χ4v) is 3.40. The van der Waals surface area contributed by atoms with Crippen LogP contribution in [0, 0.1) is 0 Å². The average Bonchev–Trinajstić information content (AvgIpc) is 2.94. The number of rotatable bonds is 20. The molecule has 2 rings (SSSR count). The van der Waals surface area contributed by atoms with E-state index in [1.165, 1.54) is 0 Å². The lowest BCUT2D eigenvalue weighted by atomic mass is 10.1. The van der Waals surface area contributed by atoms with Crippen LogP contribution >= 0.6 is 0 Å². The van der Waals surface area contributed by atoms with Crippen LogP contribution in [0.3, 0.4) is 0 Å². The van der Waals surface area contributed by atoms with Crippen LogP contribution in [-0.4, -0.2) is 63.8 Å². The number of carbonyl (C=O) groups excluding carboxylic acids is 2. The number of fused-ring (bicyclic) bond motifs is 1. The average molecular weight is 529 g/mol. The van der Waals surface area contributed by atoms with E-state index in [1.54, 1.807) is 0 Å². The van der Waals surface area contributed by atoms with E-state index in [1.807, 2.05) is 36.4 Å². The molecule has 0 aliphatic rings. The van der Waals surface area contributed by atoms with E-state index in [2.05, 4.69) is 27.0 Å². The molecule has 208 valence electrons. The Morgan fingerprint density at radius 3 is 1.92 bits per heavy atom. The van der Waals surface area contributed by atoms with Crippen LogP contribution in [0.2, 0.25) is 0 Å². The molecule has 0 fully saturated rings. The molecule has 0 aromatic heterocycles. The summed E-state index contributed by atoms with van der Waals surface area (Å²) in [6.45, 7) is 13.0. The van der Waals surface area contributed by atoms with Gasteiger partial charge in [0.15, 0.2) is 12.2 Å². The smallest absolute Gasteiger partial charge is 0.330 e. The second-order valence-corrected chi connectivity index (χ2v) is 8.64. The molecule has 8 heteroatoms. The van der Waals surface area contributed by atoms with E-state index in [-0.39, 0.29) is 26.4 Å². The molecule has 2 aromatic carbocycles. The highest BCUT2D eigenvalue weighted by molar-refractivity contribution is 5.89. The molecule has 0 aliphatic heterocycles. The number of benzene rings is 2. The largest absolute Gasteiger partial charge is 0.490 e. The van der Waals surface area contributed by atoms with Gasteiger partial charge < -0.3 is 28.4 Å². The first-order chi connectivity index (χ1) is 18.5. The fraction of sp³-hybridized carbons (Fsp3) is 0.467. The van der Waals surface area contributed by atoms with Crippen molar-refractivity contribution in [1.82, 2.24) is 0 Å². The van der Waals surface area contributed by atoms with E-state index < -0.39 is 24.1 Å². The van der Waals surface area contributed by atoms with Crippen LogP contribution in [-0.2, 0) is 28.5 Å². The molecule has 0 saturated carbocycles. The minimum atomic E-state index is -0.565. The Kier molecular flexibility index (Phi) is 14.6. The van der Waals surface area contributed by atoms with Gasteiger partial charge >= 0.3 is 11.9 Å². The van der Waals surface area contributed by atoms with Crippen molar-refractivity contribution >= 4 is 22.7 Å². The van der Waals surface area contributed by atoms with Gasteiger partial charge in [-0.1, -0.05) is 52.0 Å². The van der Waals surface area contributed by atoms with E-state index in [0.717, 1.165) is 48.6 Å². The number of unbranched alkanes of at least 4 members (excludes halogenated alkanes) is 2. The molecule has 38 heavy (non-hydrogen) atoms. The van der Waals surface area contributed by atoms with Crippen molar-refractivity contribution in [2.75, 3.05) is 39.6 Å². The van der Waals surface area contributed by atoms with Gasteiger partial charge in [-0.3, -0.25) is 0 Å². The third-order valence-electron chi connectivity index (χ3n) is 5.46. The van der Waals surface area contributed by atoms with Crippen LogP contribution in [0.4, 0.5) is 0 Å². The molecule has 0 radical (unpaired) electrons. The normalized spacial score (nSPS) is 12.4. The molecule has 0 N–H and O–H groups in total. The van der Waals surface area contributed by atoms with Gasteiger partial charge in [-0.25, -0.2) is 9.59 Å². The monoisotopic (exact) mass is 528 g/mol. The number of esters is 2. The van der Waals surface area contributed by atoms with Crippen LogP contribution in [0.5, 0.6) is 11.5 Å². The molecule has 0 saturated heterocycles. The third-order valence-corrected chi connectivity index (χ3v) is 5.46. The Bertz CT molecular complexity index is 1020. The molecule has 0 amide bonds.